The molecule has 2 aliphatic heterocycles. The van der Waals surface area contributed by atoms with E-state index >= 15 is 0 Å². The molecule has 2 aliphatic rings. The molecule has 2 aromatic rings. The molecule has 1 saturated heterocycles. The molecule has 0 aliphatic carbocycles. The second kappa shape index (κ2) is 15.8. The maximum atomic E-state index is 12.5. The number of likely N-dealkylation sites (tertiary alicyclic amines) is 1. The first-order valence-electron chi connectivity index (χ1n) is 15.4. The van der Waals surface area contributed by atoms with Gasteiger partial charge in [-0.15, -0.1) is 0 Å². The van der Waals surface area contributed by atoms with Crippen LogP contribution < -0.4 is 10.6 Å². The van der Waals surface area contributed by atoms with Crippen LogP contribution in [0.4, 0.5) is 11.5 Å². The largest absolute Gasteiger partial charge is 0.480 e. The Morgan fingerprint density at radius 1 is 1.18 bits per heavy atom. The number of ether oxygens (including phenoxy) is 1. The minimum Gasteiger partial charge on any atom is -0.480 e. The lowest BCUT2D eigenvalue weighted by atomic mass is 9.95. The number of carbonyl (C=O) groups is 1. The summed E-state index contributed by atoms with van der Waals surface area (Å²) in [6.45, 7) is 8.19. The van der Waals surface area contributed by atoms with Crippen molar-refractivity contribution in [3.05, 3.63) is 58.8 Å². The van der Waals surface area contributed by atoms with Crippen LogP contribution in [0.25, 0.3) is 6.08 Å². The molecule has 1 atom stereocenters. The number of aromatic nitrogens is 1. The van der Waals surface area contributed by atoms with Gasteiger partial charge in [0.1, 0.15) is 11.9 Å². The molecule has 3 heterocycles. The predicted molar refractivity (Wildman–Crippen MR) is 164 cm³/mol. The van der Waals surface area contributed by atoms with E-state index < -0.39 is 12.0 Å². The monoisotopic (exact) mass is 548 g/mol. The number of hydrogen-bond donors (Lipinski definition) is 3. The first kappa shape index (κ1) is 30.1. The van der Waals surface area contributed by atoms with Gasteiger partial charge in [0, 0.05) is 49.7 Å². The Labute approximate surface area is 240 Å². The van der Waals surface area contributed by atoms with Gasteiger partial charge in [-0.1, -0.05) is 69.5 Å². The van der Waals surface area contributed by atoms with Crippen molar-refractivity contribution in [3.63, 3.8) is 0 Å². The minimum absolute atomic E-state index is 0.0966. The third kappa shape index (κ3) is 8.31. The molecule has 3 N–H and O–H groups in total. The van der Waals surface area contributed by atoms with Gasteiger partial charge in [0.2, 0.25) is 0 Å². The summed E-state index contributed by atoms with van der Waals surface area (Å²) in [6, 6.07) is 9.73. The van der Waals surface area contributed by atoms with Crippen molar-refractivity contribution in [2.75, 3.05) is 43.4 Å². The smallest absolute Gasteiger partial charge is 0.325 e. The van der Waals surface area contributed by atoms with E-state index in [1.165, 1.54) is 12.0 Å². The van der Waals surface area contributed by atoms with Gasteiger partial charge >= 0.3 is 5.97 Å². The fourth-order valence-corrected chi connectivity index (χ4v) is 5.54. The van der Waals surface area contributed by atoms with E-state index in [1.54, 1.807) is 0 Å². The predicted octanol–water partition coefficient (Wildman–Crippen LogP) is 6.70. The van der Waals surface area contributed by atoms with Crippen LogP contribution in [0.3, 0.4) is 0 Å². The zero-order chi connectivity index (χ0) is 28.2. The summed E-state index contributed by atoms with van der Waals surface area (Å²) in [7, 11) is 0. The molecule has 0 radical (unpaired) electrons. The third-order valence-electron chi connectivity index (χ3n) is 7.87. The lowest BCUT2D eigenvalue weighted by Gasteiger charge is -2.43. The Hall–Kier alpha value is -2.90. The van der Waals surface area contributed by atoms with E-state index in [0.717, 1.165) is 106 Å². The Bertz CT molecular complexity index is 1110. The maximum Gasteiger partial charge on any atom is 0.325 e. The summed E-state index contributed by atoms with van der Waals surface area (Å²) in [5, 5.41) is 17.2. The highest BCUT2D eigenvalue weighted by Gasteiger charge is 2.39. The molecule has 0 saturated carbocycles. The van der Waals surface area contributed by atoms with E-state index in [1.807, 2.05) is 17.0 Å². The van der Waals surface area contributed by atoms with Crippen molar-refractivity contribution < 1.29 is 14.6 Å². The third-order valence-corrected chi connectivity index (χ3v) is 7.87. The van der Waals surface area contributed by atoms with Crippen LogP contribution in [-0.2, 0) is 22.4 Å². The van der Waals surface area contributed by atoms with E-state index in [0.29, 0.717) is 13.1 Å². The average molecular weight is 549 g/mol. The van der Waals surface area contributed by atoms with Gasteiger partial charge < -0.3 is 20.5 Å². The van der Waals surface area contributed by atoms with E-state index in [9.17, 15) is 9.90 Å². The lowest BCUT2D eigenvalue weighted by molar-refractivity contribution is -0.150. The molecule has 7 nitrogen and oxygen atoms in total. The quantitative estimate of drug-likeness (QED) is 0.190. The molecule has 218 valence electrons. The molecule has 40 heavy (non-hydrogen) atoms. The van der Waals surface area contributed by atoms with Crippen molar-refractivity contribution in [2.24, 2.45) is 0 Å². The van der Waals surface area contributed by atoms with Crippen molar-refractivity contribution in [2.45, 2.75) is 90.2 Å². The molecule has 0 spiro atoms. The SMILES string of the molecule is CCC/C=C\c1cccc(C(C(=O)O)N2CC(OCCCCCc3ccc4c(n3)NCCC4)C2)c1NCCCC. The van der Waals surface area contributed by atoms with Crippen LogP contribution in [0, 0.1) is 0 Å². The highest BCUT2D eigenvalue weighted by Crippen LogP contribution is 2.35. The molecule has 1 unspecified atom stereocenters. The Kier molecular flexibility index (Phi) is 11.9. The number of nitrogens with one attached hydrogen (secondary N) is 2. The van der Waals surface area contributed by atoms with Gasteiger partial charge in [0.15, 0.2) is 0 Å². The first-order valence-corrected chi connectivity index (χ1v) is 15.4. The van der Waals surface area contributed by atoms with Crippen LogP contribution >= 0.6 is 0 Å². The highest BCUT2D eigenvalue weighted by molar-refractivity contribution is 5.81. The van der Waals surface area contributed by atoms with Gasteiger partial charge in [-0.05, 0) is 62.1 Å². The Morgan fingerprint density at radius 3 is 2.85 bits per heavy atom. The molecule has 7 heteroatoms. The summed E-state index contributed by atoms with van der Waals surface area (Å²) >= 11 is 0. The molecule has 0 amide bonds. The molecule has 0 bridgehead atoms. The standard InChI is InChI=1S/C33H48N4O3/c1-3-5-8-13-25-14-11-17-29(30(25)34-20-6-4-2)31(33(38)39)37-23-28(24-37)40-22-10-7-9-16-27-19-18-26-15-12-21-35-32(26)36-27/h8,11,13-14,17-19,28,31,34H,3-7,9-10,12,15-16,20-24H2,1-2H3,(H,35,36)(H,38,39)/b13-8-. The fourth-order valence-electron chi connectivity index (χ4n) is 5.54. The van der Waals surface area contributed by atoms with Crippen LogP contribution in [0.2, 0.25) is 0 Å². The number of anilines is 2. The number of rotatable bonds is 17. The number of nitrogens with zero attached hydrogens (tertiary/aromatic N) is 2. The van der Waals surface area contributed by atoms with Crippen molar-refractivity contribution in [1.82, 2.24) is 9.88 Å². The number of carboxylic acid groups (broad SMARTS) is 1. The number of aryl methyl sites for hydroxylation is 2. The van der Waals surface area contributed by atoms with Crippen LogP contribution in [-0.4, -0.2) is 59.8 Å². The molecular formula is C33H48N4O3. The Morgan fingerprint density at radius 2 is 2.05 bits per heavy atom. The molecule has 1 aromatic heterocycles. The summed E-state index contributed by atoms with van der Waals surface area (Å²) in [6.07, 6.45) is 15.2. The van der Waals surface area contributed by atoms with Crippen molar-refractivity contribution >= 4 is 23.6 Å². The van der Waals surface area contributed by atoms with Gasteiger partial charge in [0.25, 0.3) is 0 Å². The number of allylic oxidation sites excluding steroid dienone is 1. The minimum atomic E-state index is -0.808. The lowest BCUT2D eigenvalue weighted by Crippen LogP contribution is -2.55. The normalized spacial score (nSPS) is 16.4. The van der Waals surface area contributed by atoms with Gasteiger partial charge in [-0.2, -0.15) is 0 Å². The number of benzene rings is 1. The van der Waals surface area contributed by atoms with Crippen LogP contribution in [0.5, 0.6) is 0 Å². The molecular weight excluding hydrogens is 500 g/mol. The molecule has 1 fully saturated rings. The zero-order valence-electron chi connectivity index (χ0n) is 24.5. The number of unbranched alkanes of at least 4 members (excludes halogenated alkanes) is 4. The topological polar surface area (TPSA) is 86.7 Å². The summed E-state index contributed by atoms with van der Waals surface area (Å²) in [5.74, 6) is 0.266. The average Bonchev–Trinajstić information content (AvgIpc) is 2.94. The number of pyridine rings is 1. The van der Waals surface area contributed by atoms with Gasteiger partial charge in [0.05, 0.1) is 6.10 Å². The van der Waals surface area contributed by atoms with Crippen LogP contribution in [0.15, 0.2) is 36.4 Å². The van der Waals surface area contributed by atoms with E-state index in [4.69, 9.17) is 9.72 Å². The first-order chi connectivity index (χ1) is 19.6. The molecule has 1 aromatic carbocycles. The van der Waals surface area contributed by atoms with Crippen molar-refractivity contribution in [1.29, 1.82) is 0 Å². The van der Waals surface area contributed by atoms with Crippen LogP contribution in [0.1, 0.15) is 93.6 Å². The summed E-state index contributed by atoms with van der Waals surface area (Å²) < 4.78 is 6.11. The highest BCUT2D eigenvalue weighted by atomic mass is 16.5. The summed E-state index contributed by atoms with van der Waals surface area (Å²) in [4.78, 5) is 19.3. The zero-order valence-corrected chi connectivity index (χ0v) is 24.5. The van der Waals surface area contributed by atoms with Gasteiger partial charge in [-0.25, -0.2) is 4.98 Å². The Balaban J connectivity index is 1.24. The summed E-state index contributed by atoms with van der Waals surface area (Å²) in [5.41, 5.74) is 5.35. The molecule has 4 rings (SSSR count). The van der Waals surface area contributed by atoms with Gasteiger partial charge in [-0.3, -0.25) is 9.69 Å². The van der Waals surface area contributed by atoms with E-state index in [-0.39, 0.29) is 6.10 Å². The number of para-hydroxylation sites is 1. The van der Waals surface area contributed by atoms with E-state index in [2.05, 4.69) is 54.8 Å². The number of fused-ring (bicyclic) bond motifs is 1. The fraction of sp³-hybridized carbons (Fsp3) is 0.576. The van der Waals surface area contributed by atoms with Crippen molar-refractivity contribution in [3.8, 4) is 0 Å². The number of aliphatic carboxylic acids is 1. The second-order valence-corrected chi connectivity index (χ2v) is 11.1. The number of carboxylic acids is 1. The maximum absolute atomic E-state index is 12.5. The second-order valence-electron chi connectivity index (χ2n) is 11.1. The number of hydrogen-bond acceptors (Lipinski definition) is 6.